The van der Waals surface area contributed by atoms with Crippen LogP contribution in [0.25, 0.3) is 0 Å². The van der Waals surface area contributed by atoms with Crippen molar-refractivity contribution in [2.45, 2.75) is 33.7 Å². The van der Waals surface area contributed by atoms with Crippen molar-refractivity contribution in [2.24, 2.45) is 5.92 Å². The van der Waals surface area contributed by atoms with E-state index >= 15 is 0 Å². The molecule has 0 bridgehead atoms. The summed E-state index contributed by atoms with van der Waals surface area (Å²) in [5.41, 5.74) is 4.48. The van der Waals surface area contributed by atoms with Gasteiger partial charge in [0, 0.05) is 10.7 Å². The third-order valence-corrected chi connectivity index (χ3v) is 4.53. The molecule has 0 saturated carbocycles. The van der Waals surface area contributed by atoms with E-state index in [0.717, 1.165) is 16.3 Å². The van der Waals surface area contributed by atoms with Crippen molar-refractivity contribution in [3.05, 3.63) is 64.2 Å². The summed E-state index contributed by atoms with van der Waals surface area (Å²) in [5.74, 6) is 0.414. The van der Waals surface area contributed by atoms with E-state index < -0.39 is 0 Å². The lowest BCUT2D eigenvalue weighted by Gasteiger charge is -2.26. The molecule has 0 aliphatic rings. The number of halogens is 1. The molecule has 0 radical (unpaired) electrons. The largest absolute Gasteiger partial charge is 0.355 e. The van der Waals surface area contributed by atoms with Crippen molar-refractivity contribution in [2.75, 3.05) is 5.32 Å². The van der Waals surface area contributed by atoms with Gasteiger partial charge in [-0.25, -0.2) is 0 Å². The normalized spacial score (nSPS) is 12.1. The highest BCUT2D eigenvalue weighted by Crippen LogP contribution is 2.25. The van der Waals surface area contributed by atoms with Crippen molar-refractivity contribution in [3.8, 4) is 0 Å². The van der Waals surface area contributed by atoms with Gasteiger partial charge in [0.2, 0.25) is 0 Å². The molecule has 122 valence electrons. The Labute approximate surface area is 149 Å². The topological polar surface area (TPSA) is 24.1 Å². The summed E-state index contributed by atoms with van der Waals surface area (Å²) >= 11 is 11.7. The zero-order chi connectivity index (χ0) is 17.0. The summed E-state index contributed by atoms with van der Waals surface area (Å²) < 4.78 is 0. The third kappa shape index (κ3) is 4.69. The Bertz CT molecular complexity index is 698. The summed E-state index contributed by atoms with van der Waals surface area (Å²) in [6.07, 6.45) is 0. The molecule has 0 unspecified atom stereocenters. The van der Waals surface area contributed by atoms with Crippen LogP contribution in [0.3, 0.4) is 0 Å². The lowest BCUT2D eigenvalue weighted by molar-refractivity contribution is 0.471. The summed E-state index contributed by atoms with van der Waals surface area (Å²) in [7, 11) is 0. The number of nitrogens with one attached hydrogen (secondary N) is 2. The van der Waals surface area contributed by atoms with Gasteiger partial charge in [0.1, 0.15) is 0 Å². The van der Waals surface area contributed by atoms with Gasteiger partial charge in [-0.15, -0.1) is 0 Å². The Morgan fingerprint density at radius 2 is 1.74 bits per heavy atom. The minimum absolute atomic E-state index is 0.164. The van der Waals surface area contributed by atoms with Crippen LogP contribution in [0.1, 0.15) is 36.6 Å². The van der Waals surface area contributed by atoms with E-state index in [2.05, 4.69) is 55.7 Å². The number of hydrogen-bond acceptors (Lipinski definition) is 1. The van der Waals surface area contributed by atoms with E-state index in [1.165, 1.54) is 11.1 Å². The molecule has 0 spiro atoms. The number of aryl methyl sites for hydroxylation is 2. The molecule has 4 heteroatoms. The number of benzene rings is 2. The van der Waals surface area contributed by atoms with Crippen molar-refractivity contribution >= 4 is 34.6 Å². The molecule has 0 saturated heterocycles. The summed E-state index contributed by atoms with van der Waals surface area (Å²) in [4.78, 5) is 0. The van der Waals surface area contributed by atoms with Crippen LogP contribution in [0.4, 0.5) is 5.69 Å². The Hall–Kier alpha value is -1.58. The van der Waals surface area contributed by atoms with Crippen LogP contribution < -0.4 is 10.6 Å². The molecule has 1 atom stereocenters. The summed E-state index contributed by atoms with van der Waals surface area (Å²) in [5, 5.41) is 7.99. The molecule has 0 aromatic heterocycles. The van der Waals surface area contributed by atoms with Crippen LogP contribution in [0, 0.1) is 19.8 Å². The lowest BCUT2D eigenvalue weighted by atomic mass is 9.93. The van der Waals surface area contributed by atoms with E-state index in [-0.39, 0.29) is 6.04 Å². The van der Waals surface area contributed by atoms with E-state index in [1.807, 2.05) is 25.1 Å². The third-order valence-electron chi connectivity index (χ3n) is 3.91. The van der Waals surface area contributed by atoms with E-state index in [0.29, 0.717) is 11.0 Å². The highest BCUT2D eigenvalue weighted by atomic mass is 35.5. The number of thiocarbonyl (C=S) groups is 1. The number of anilines is 1. The van der Waals surface area contributed by atoms with Gasteiger partial charge in [-0.1, -0.05) is 55.8 Å². The quantitative estimate of drug-likeness (QED) is 0.700. The van der Waals surface area contributed by atoms with Crippen LogP contribution in [0.15, 0.2) is 42.5 Å². The zero-order valence-electron chi connectivity index (χ0n) is 14.0. The van der Waals surface area contributed by atoms with Crippen LogP contribution in [-0.4, -0.2) is 5.11 Å². The predicted octanol–water partition coefficient (Wildman–Crippen LogP) is 5.64. The molecule has 0 aliphatic carbocycles. The van der Waals surface area contributed by atoms with Gasteiger partial charge in [0.15, 0.2) is 5.11 Å². The highest BCUT2D eigenvalue weighted by molar-refractivity contribution is 7.80. The zero-order valence-corrected chi connectivity index (χ0v) is 15.6. The molecule has 2 aromatic carbocycles. The highest BCUT2D eigenvalue weighted by Gasteiger charge is 2.18. The first-order valence-electron chi connectivity index (χ1n) is 7.77. The standard InChI is InChI=1S/C19H23ClN2S/c1-12(2)18(16-8-6-5-7-13(16)3)22-19(23)21-15-10-9-14(4)17(20)11-15/h5-12,18H,1-4H3,(H2,21,22,23)/t18-/m0/s1. The van der Waals surface area contributed by atoms with E-state index in [9.17, 15) is 0 Å². The smallest absolute Gasteiger partial charge is 0.171 e. The Balaban J connectivity index is 2.12. The van der Waals surface area contributed by atoms with Crippen molar-refractivity contribution in [1.29, 1.82) is 0 Å². The fourth-order valence-corrected chi connectivity index (χ4v) is 2.94. The Morgan fingerprint density at radius 1 is 1.04 bits per heavy atom. The molecule has 0 aliphatic heterocycles. The molecule has 0 fully saturated rings. The first kappa shape index (κ1) is 17.8. The van der Waals surface area contributed by atoms with Crippen molar-refractivity contribution in [1.82, 2.24) is 5.32 Å². The average Bonchev–Trinajstić information content (AvgIpc) is 2.49. The van der Waals surface area contributed by atoms with Crippen molar-refractivity contribution in [3.63, 3.8) is 0 Å². The fraction of sp³-hybridized carbons (Fsp3) is 0.316. The molecule has 0 heterocycles. The van der Waals surface area contributed by atoms with Crippen molar-refractivity contribution < 1.29 is 0 Å². The first-order valence-corrected chi connectivity index (χ1v) is 8.56. The van der Waals surface area contributed by atoms with Gasteiger partial charge >= 0.3 is 0 Å². The van der Waals surface area contributed by atoms with Crippen LogP contribution >= 0.6 is 23.8 Å². The molecule has 23 heavy (non-hydrogen) atoms. The van der Waals surface area contributed by atoms with Crippen LogP contribution in [-0.2, 0) is 0 Å². The van der Waals surface area contributed by atoms with Crippen LogP contribution in [0.2, 0.25) is 5.02 Å². The molecule has 2 aromatic rings. The van der Waals surface area contributed by atoms with Crippen LogP contribution in [0.5, 0.6) is 0 Å². The lowest BCUT2D eigenvalue weighted by Crippen LogP contribution is -2.35. The second-order valence-corrected chi connectivity index (χ2v) is 6.96. The SMILES string of the molecule is Cc1ccc(NC(=S)N[C@H](c2ccccc2C)C(C)C)cc1Cl. The Morgan fingerprint density at radius 3 is 2.35 bits per heavy atom. The van der Waals surface area contributed by atoms with Gasteiger partial charge in [-0.05, 0) is 60.8 Å². The predicted molar refractivity (Wildman–Crippen MR) is 104 cm³/mol. The number of rotatable bonds is 4. The summed E-state index contributed by atoms with van der Waals surface area (Å²) in [6, 6.07) is 14.4. The monoisotopic (exact) mass is 346 g/mol. The number of hydrogen-bond donors (Lipinski definition) is 2. The molecule has 2 nitrogen and oxygen atoms in total. The van der Waals surface area contributed by atoms with Gasteiger partial charge in [-0.3, -0.25) is 0 Å². The van der Waals surface area contributed by atoms with Gasteiger partial charge in [0.05, 0.1) is 6.04 Å². The van der Waals surface area contributed by atoms with Gasteiger partial charge in [-0.2, -0.15) is 0 Å². The Kier molecular flexibility index (Phi) is 6.03. The molecule has 2 rings (SSSR count). The van der Waals surface area contributed by atoms with Gasteiger partial charge in [0.25, 0.3) is 0 Å². The second-order valence-electron chi connectivity index (χ2n) is 6.14. The molecular weight excluding hydrogens is 324 g/mol. The maximum absolute atomic E-state index is 6.17. The first-order chi connectivity index (χ1) is 10.9. The minimum Gasteiger partial charge on any atom is -0.355 e. The molecule has 2 N–H and O–H groups in total. The maximum atomic E-state index is 6.17. The van der Waals surface area contributed by atoms with E-state index in [4.69, 9.17) is 23.8 Å². The molecular formula is C19H23ClN2S. The average molecular weight is 347 g/mol. The second kappa shape index (κ2) is 7.80. The fourth-order valence-electron chi connectivity index (χ4n) is 2.52. The minimum atomic E-state index is 0.164. The summed E-state index contributed by atoms with van der Waals surface area (Å²) in [6.45, 7) is 8.49. The van der Waals surface area contributed by atoms with Gasteiger partial charge < -0.3 is 10.6 Å². The van der Waals surface area contributed by atoms with E-state index in [1.54, 1.807) is 0 Å². The maximum Gasteiger partial charge on any atom is 0.171 e. The molecule has 0 amide bonds.